The van der Waals surface area contributed by atoms with Gasteiger partial charge in [0.15, 0.2) is 0 Å². The summed E-state index contributed by atoms with van der Waals surface area (Å²) >= 11 is 0. The molecule has 1 aromatic carbocycles. The number of rotatable bonds is 2. The molecule has 3 atom stereocenters. The molecule has 6 nitrogen and oxygen atoms in total. The molecule has 0 bridgehead atoms. The average Bonchev–Trinajstić information content (AvgIpc) is 3.10. The molecule has 1 fully saturated rings. The van der Waals surface area contributed by atoms with Crippen LogP contribution in [0.3, 0.4) is 0 Å². The minimum Gasteiger partial charge on any atom is -0.490 e. The summed E-state index contributed by atoms with van der Waals surface area (Å²) in [6.07, 6.45) is -2.83. The number of alkyl halides is 3. The Labute approximate surface area is 175 Å². The van der Waals surface area contributed by atoms with Crippen LogP contribution in [0.5, 0.6) is 5.75 Å². The van der Waals surface area contributed by atoms with Gasteiger partial charge in [-0.25, -0.2) is 9.98 Å². The highest BCUT2D eigenvalue weighted by Crippen LogP contribution is 2.51. The van der Waals surface area contributed by atoms with E-state index in [2.05, 4.69) is 9.98 Å². The maximum Gasteiger partial charge on any atom is 0.401 e. The van der Waals surface area contributed by atoms with E-state index in [1.807, 2.05) is 0 Å². The summed E-state index contributed by atoms with van der Waals surface area (Å²) in [6, 6.07) is 8.44. The van der Waals surface area contributed by atoms with Crippen molar-refractivity contribution < 1.29 is 27.0 Å². The lowest BCUT2D eigenvalue weighted by atomic mass is 9.71. The molecule has 10 heteroatoms. The second-order valence-corrected chi connectivity index (χ2v) is 8.12. The fraction of sp³-hybridized carbons (Fsp3) is 0.429. The molecule has 3 aliphatic heterocycles. The standard InChI is InChI=1S/C21H20F4N4O2/c22-18-13(2-1-6-27-18)12-3-4-16-14(8-12)20(11-30-19(26)28-20)15-9-29(10-21(23,24)25)7-5-17(15)31-16/h1-4,6,8,15,17H,5,7,9-11H2,(H2,26,28)/t15?,17-,20?/m0/s1. The number of hydrogen-bond donors (Lipinski definition) is 1. The number of piperidine rings is 1. The highest BCUT2D eigenvalue weighted by molar-refractivity contribution is 5.75. The fourth-order valence-corrected chi connectivity index (χ4v) is 4.87. The van der Waals surface area contributed by atoms with E-state index in [1.54, 1.807) is 30.3 Å². The number of hydrogen-bond acceptors (Lipinski definition) is 6. The van der Waals surface area contributed by atoms with Gasteiger partial charge in [-0.2, -0.15) is 17.6 Å². The highest BCUT2D eigenvalue weighted by atomic mass is 19.4. The smallest absolute Gasteiger partial charge is 0.401 e. The van der Waals surface area contributed by atoms with Crippen LogP contribution in [0.4, 0.5) is 17.6 Å². The Kier molecular flexibility index (Phi) is 4.58. The van der Waals surface area contributed by atoms with Crippen molar-refractivity contribution in [2.75, 3.05) is 26.2 Å². The zero-order chi connectivity index (χ0) is 21.8. The van der Waals surface area contributed by atoms with Crippen molar-refractivity contribution in [2.24, 2.45) is 16.6 Å². The third-order valence-corrected chi connectivity index (χ3v) is 6.19. The number of aliphatic imine (C=N–C) groups is 1. The van der Waals surface area contributed by atoms with Gasteiger partial charge in [0.25, 0.3) is 6.02 Å². The van der Waals surface area contributed by atoms with Crippen molar-refractivity contribution in [3.05, 3.63) is 48.0 Å². The van der Waals surface area contributed by atoms with Crippen LogP contribution < -0.4 is 10.5 Å². The summed E-state index contributed by atoms with van der Waals surface area (Å²) in [6.45, 7) is -0.504. The number of pyridine rings is 1. The van der Waals surface area contributed by atoms with Gasteiger partial charge >= 0.3 is 6.18 Å². The van der Waals surface area contributed by atoms with Crippen LogP contribution >= 0.6 is 0 Å². The summed E-state index contributed by atoms with van der Waals surface area (Å²) in [4.78, 5) is 9.63. The molecule has 4 heterocycles. The monoisotopic (exact) mass is 436 g/mol. The lowest BCUT2D eigenvalue weighted by molar-refractivity contribution is -0.156. The predicted molar refractivity (Wildman–Crippen MR) is 104 cm³/mol. The number of halogens is 4. The first kappa shape index (κ1) is 20.0. The Bertz CT molecular complexity index is 1040. The van der Waals surface area contributed by atoms with E-state index in [0.29, 0.717) is 28.9 Å². The summed E-state index contributed by atoms with van der Waals surface area (Å²) in [5.74, 6) is -0.461. The van der Waals surface area contributed by atoms with Gasteiger partial charge in [-0.1, -0.05) is 6.07 Å². The Balaban J connectivity index is 1.58. The van der Waals surface area contributed by atoms with E-state index in [-0.39, 0.29) is 31.8 Å². The third kappa shape index (κ3) is 3.48. The first-order chi connectivity index (χ1) is 14.7. The van der Waals surface area contributed by atoms with E-state index < -0.39 is 30.1 Å². The number of amidine groups is 1. The molecule has 164 valence electrons. The van der Waals surface area contributed by atoms with E-state index in [9.17, 15) is 17.6 Å². The third-order valence-electron chi connectivity index (χ3n) is 6.19. The van der Waals surface area contributed by atoms with E-state index in [4.69, 9.17) is 15.2 Å². The van der Waals surface area contributed by atoms with Crippen LogP contribution in [-0.4, -0.2) is 54.4 Å². The molecular weight excluding hydrogens is 416 g/mol. The van der Waals surface area contributed by atoms with Gasteiger partial charge in [-0.15, -0.1) is 0 Å². The Morgan fingerprint density at radius 3 is 2.81 bits per heavy atom. The molecule has 0 aliphatic carbocycles. The number of fused-ring (bicyclic) bond motifs is 4. The average molecular weight is 436 g/mol. The summed E-state index contributed by atoms with van der Waals surface area (Å²) in [5, 5.41) is 0. The van der Waals surface area contributed by atoms with Crippen molar-refractivity contribution in [3.63, 3.8) is 0 Å². The largest absolute Gasteiger partial charge is 0.490 e. The Morgan fingerprint density at radius 2 is 2.10 bits per heavy atom. The van der Waals surface area contributed by atoms with E-state index in [1.165, 1.54) is 11.1 Å². The SMILES string of the molecule is NC1=NC2(CO1)c1cc(-c3cccnc3F)ccc1O[C@H]1CCN(CC(F)(F)F)CC12. The molecule has 1 spiro atoms. The van der Waals surface area contributed by atoms with Gasteiger partial charge in [0.05, 0.1) is 6.54 Å². The lowest BCUT2D eigenvalue weighted by Gasteiger charge is -2.49. The van der Waals surface area contributed by atoms with Crippen LogP contribution in [0.2, 0.25) is 0 Å². The Morgan fingerprint density at radius 1 is 1.26 bits per heavy atom. The second kappa shape index (κ2) is 7.08. The fourth-order valence-electron chi connectivity index (χ4n) is 4.87. The van der Waals surface area contributed by atoms with Gasteiger partial charge in [-0.3, -0.25) is 4.90 Å². The van der Waals surface area contributed by atoms with Gasteiger partial charge in [0, 0.05) is 36.3 Å². The molecule has 31 heavy (non-hydrogen) atoms. The molecule has 3 aliphatic rings. The molecule has 1 aromatic heterocycles. The van der Waals surface area contributed by atoms with Gasteiger partial charge in [0.2, 0.25) is 5.95 Å². The first-order valence-electron chi connectivity index (χ1n) is 9.94. The first-order valence-corrected chi connectivity index (χ1v) is 9.94. The number of likely N-dealkylation sites (tertiary alicyclic amines) is 1. The molecule has 2 N–H and O–H groups in total. The molecule has 1 saturated heterocycles. The minimum atomic E-state index is -4.30. The van der Waals surface area contributed by atoms with Crippen LogP contribution in [0.25, 0.3) is 11.1 Å². The van der Waals surface area contributed by atoms with Crippen LogP contribution in [0.15, 0.2) is 41.5 Å². The zero-order valence-corrected chi connectivity index (χ0v) is 16.4. The molecule has 2 aromatic rings. The van der Waals surface area contributed by atoms with Gasteiger partial charge in [-0.05, 0) is 36.2 Å². The molecule has 0 saturated carbocycles. The van der Waals surface area contributed by atoms with Crippen molar-refractivity contribution in [1.82, 2.24) is 9.88 Å². The molecule has 5 rings (SSSR count). The van der Waals surface area contributed by atoms with Gasteiger partial charge in [0.1, 0.15) is 24.0 Å². The number of benzene rings is 1. The van der Waals surface area contributed by atoms with Crippen molar-refractivity contribution in [2.45, 2.75) is 24.2 Å². The van der Waals surface area contributed by atoms with Crippen LogP contribution in [-0.2, 0) is 10.3 Å². The van der Waals surface area contributed by atoms with Gasteiger partial charge < -0.3 is 15.2 Å². The molecular formula is C21H20F4N4O2. The zero-order valence-electron chi connectivity index (χ0n) is 16.4. The topological polar surface area (TPSA) is 73.0 Å². The molecule has 2 unspecified atom stereocenters. The summed E-state index contributed by atoms with van der Waals surface area (Å²) < 4.78 is 65.0. The van der Waals surface area contributed by atoms with E-state index >= 15 is 0 Å². The summed E-state index contributed by atoms with van der Waals surface area (Å²) in [7, 11) is 0. The minimum absolute atomic E-state index is 0.0162. The summed E-state index contributed by atoms with van der Waals surface area (Å²) in [5.41, 5.74) is 6.35. The number of nitrogens with two attached hydrogens (primary N) is 1. The van der Waals surface area contributed by atoms with Crippen molar-refractivity contribution >= 4 is 6.02 Å². The van der Waals surface area contributed by atoms with Crippen LogP contribution in [0, 0.1) is 11.9 Å². The van der Waals surface area contributed by atoms with E-state index in [0.717, 1.165) is 0 Å². The normalized spacial score (nSPS) is 27.8. The molecule has 0 radical (unpaired) electrons. The number of aromatic nitrogens is 1. The number of nitrogens with zero attached hydrogens (tertiary/aromatic N) is 3. The Hall–Kier alpha value is -2.88. The van der Waals surface area contributed by atoms with Crippen LogP contribution in [0.1, 0.15) is 12.0 Å². The number of ether oxygens (including phenoxy) is 2. The molecule has 0 amide bonds. The maximum absolute atomic E-state index is 14.3. The second-order valence-electron chi connectivity index (χ2n) is 8.12. The maximum atomic E-state index is 14.3. The highest BCUT2D eigenvalue weighted by Gasteiger charge is 2.56. The quantitative estimate of drug-likeness (QED) is 0.579. The van der Waals surface area contributed by atoms with Crippen molar-refractivity contribution in [1.29, 1.82) is 0 Å². The predicted octanol–water partition coefficient (Wildman–Crippen LogP) is 3.07. The lowest BCUT2D eigenvalue weighted by Crippen LogP contribution is -2.58. The van der Waals surface area contributed by atoms with Crippen molar-refractivity contribution in [3.8, 4) is 16.9 Å².